The van der Waals surface area contributed by atoms with Crippen molar-refractivity contribution in [3.8, 4) is 5.75 Å². The minimum atomic E-state index is 0.879. The molecule has 2 aromatic rings. The zero-order valence-electron chi connectivity index (χ0n) is 14.8. The maximum atomic E-state index is 5.32. The highest BCUT2D eigenvalue weighted by Crippen LogP contribution is 2.23. The number of piperidine rings is 1. The Balaban J connectivity index is 1.37. The Morgan fingerprint density at radius 3 is 2.42 bits per heavy atom. The van der Waals surface area contributed by atoms with E-state index in [1.807, 2.05) is 6.07 Å². The third-order valence-corrected chi connectivity index (χ3v) is 5.24. The standard InChI is InChI=1S/C22H29NO/c1-24-22-9-5-8-21(18-22)11-10-20-13-16-23(17-14-20)15-12-19-6-3-2-4-7-19/h2-9,18,20H,10-17H2,1H3. The van der Waals surface area contributed by atoms with Crippen LogP contribution in [-0.4, -0.2) is 31.6 Å². The monoisotopic (exact) mass is 323 g/mol. The highest BCUT2D eigenvalue weighted by molar-refractivity contribution is 5.28. The molecule has 1 aliphatic heterocycles. The van der Waals surface area contributed by atoms with Crippen LogP contribution < -0.4 is 4.74 Å². The van der Waals surface area contributed by atoms with E-state index >= 15 is 0 Å². The molecule has 0 radical (unpaired) electrons. The first-order valence-electron chi connectivity index (χ1n) is 9.22. The maximum Gasteiger partial charge on any atom is 0.119 e. The lowest BCUT2D eigenvalue weighted by molar-refractivity contribution is 0.181. The summed E-state index contributed by atoms with van der Waals surface area (Å²) in [5, 5.41) is 0. The van der Waals surface area contributed by atoms with Gasteiger partial charge in [0.15, 0.2) is 0 Å². The van der Waals surface area contributed by atoms with E-state index in [1.165, 1.54) is 62.9 Å². The van der Waals surface area contributed by atoms with Crippen molar-refractivity contribution >= 4 is 0 Å². The van der Waals surface area contributed by atoms with Gasteiger partial charge < -0.3 is 9.64 Å². The molecule has 128 valence electrons. The molecule has 0 aromatic heterocycles. The number of methoxy groups -OCH3 is 1. The SMILES string of the molecule is COc1cccc(CCC2CCN(CCc3ccccc3)CC2)c1. The number of aryl methyl sites for hydroxylation is 1. The minimum absolute atomic E-state index is 0.879. The Labute approximate surface area is 146 Å². The summed E-state index contributed by atoms with van der Waals surface area (Å²) in [5.41, 5.74) is 2.86. The molecule has 1 heterocycles. The van der Waals surface area contributed by atoms with Gasteiger partial charge in [0.2, 0.25) is 0 Å². The van der Waals surface area contributed by atoms with Gasteiger partial charge in [0.25, 0.3) is 0 Å². The minimum Gasteiger partial charge on any atom is -0.497 e. The predicted octanol–water partition coefficient (Wildman–Crippen LogP) is 4.58. The second-order valence-corrected chi connectivity index (χ2v) is 6.91. The third-order valence-electron chi connectivity index (χ3n) is 5.24. The first kappa shape index (κ1) is 17.0. The number of hydrogen-bond acceptors (Lipinski definition) is 2. The van der Waals surface area contributed by atoms with Crippen LogP contribution in [0, 0.1) is 5.92 Å². The molecule has 1 saturated heterocycles. The van der Waals surface area contributed by atoms with Gasteiger partial charge in [0.05, 0.1) is 7.11 Å². The van der Waals surface area contributed by atoms with E-state index in [-0.39, 0.29) is 0 Å². The molecule has 24 heavy (non-hydrogen) atoms. The van der Waals surface area contributed by atoms with E-state index in [9.17, 15) is 0 Å². The van der Waals surface area contributed by atoms with Crippen molar-refractivity contribution in [2.45, 2.75) is 32.1 Å². The molecule has 0 amide bonds. The van der Waals surface area contributed by atoms with Crippen molar-refractivity contribution < 1.29 is 4.74 Å². The molecule has 3 rings (SSSR count). The molecule has 0 spiro atoms. The molecular formula is C22H29NO. The van der Waals surface area contributed by atoms with E-state index in [2.05, 4.69) is 53.4 Å². The fourth-order valence-electron chi connectivity index (χ4n) is 3.63. The molecule has 1 aliphatic rings. The van der Waals surface area contributed by atoms with Gasteiger partial charge in [0.1, 0.15) is 5.75 Å². The molecule has 0 saturated carbocycles. The quantitative estimate of drug-likeness (QED) is 0.739. The van der Waals surface area contributed by atoms with Crippen LogP contribution in [0.1, 0.15) is 30.4 Å². The fraction of sp³-hybridized carbons (Fsp3) is 0.455. The molecule has 1 fully saturated rings. The van der Waals surface area contributed by atoms with E-state index in [4.69, 9.17) is 4.74 Å². The first-order valence-corrected chi connectivity index (χ1v) is 9.22. The summed E-state index contributed by atoms with van der Waals surface area (Å²) in [6.07, 6.45) is 6.35. The van der Waals surface area contributed by atoms with Crippen molar-refractivity contribution in [3.05, 3.63) is 65.7 Å². The summed E-state index contributed by atoms with van der Waals surface area (Å²) in [5.74, 6) is 1.85. The van der Waals surface area contributed by atoms with E-state index in [1.54, 1.807) is 7.11 Å². The van der Waals surface area contributed by atoms with Gasteiger partial charge in [-0.15, -0.1) is 0 Å². The second kappa shape index (κ2) is 8.89. The van der Waals surface area contributed by atoms with Crippen LogP contribution in [0.25, 0.3) is 0 Å². The molecule has 2 nitrogen and oxygen atoms in total. The van der Waals surface area contributed by atoms with Crippen molar-refractivity contribution in [1.82, 2.24) is 4.90 Å². The van der Waals surface area contributed by atoms with Crippen LogP contribution in [-0.2, 0) is 12.8 Å². The Morgan fingerprint density at radius 1 is 0.917 bits per heavy atom. The zero-order chi connectivity index (χ0) is 16.6. The average molecular weight is 323 g/mol. The molecule has 0 N–H and O–H groups in total. The van der Waals surface area contributed by atoms with Crippen molar-refractivity contribution in [2.24, 2.45) is 5.92 Å². The second-order valence-electron chi connectivity index (χ2n) is 6.91. The summed E-state index contributed by atoms with van der Waals surface area (Å²) in [6.45, 7) is 3.72. The van der Waals surface area contributed by atoms with Crippen LogP contribution in [0.15, 0.2) is 54.6 Å². The number of nitrogens with zero attached hydrogens (tertiary/aromatic N) is 1. The maximum absolute atomic E-state index is 5.32. The summed E-state index contributed by atoms with van der Waals surface area (Å²) < 4.78 is 5.32. The Bertz CT molecular complexity index is 602. The molecule has 0 bridgehead atoms. The number of likely N-dealkylation sites (tertiary alicyclic amines) is 1. The van der Waals surface area contributed by atoms with E-state index < -0.39 is 0 Å². The number of hydrogen-bond donors (Lipinski definition) is 0. The first-order chi connectivity index (χ1) is 11.8. The molecule has 2 heteroatoms. The summed E-state index contributed by atoms with van der Waals surface area (Å²) in [6, 6.07) is 19.4. The summed E-state index contributed by atoms with van der Waals surface area (Å²) >= 11 is 0. The van der Waals surface area contributed by atoms with Gasteiger partial charge in [-0.05, 0) is 74.4 Å². The van der Waals surface area contributed by atoms with Crippen LogP contribution in [0.4, 0.5) is 0 Å². The van der Waals surface area contributed by atoms with Gasteiger partial charge in [-0.3, -0.25) is 0 Å². The lowest BCUT2D eigenvalue weighted by atomic mass is 9.90. The predicted molar refractivity (Wildman–Crippen MR) is 101 cm³/mol. The zero-order valence-corrected chi connectivity index (χ0v) is 14.8. The van der Waals surface area contributed by atoms with Gasteiger partial charge in [0, 0.05) is 6.54 Å². The van der Waals surface area contributed by atoms with E-state index in [0.29, 0.717) is 0 Å². The summed E-state index contributed by atoms with van der Waals surface area (Å²) in [7, 11) is 1.74. The fourth-order valence-corrected chi connectivity index (χ4v) is 3.63. The van der Waals surface area contributed by atoms with Crippen molar-refractivity contribution in [2.75, 3.05) is 26.7 Å². The van der Waals surface area contributed by atoms with Crippen LogP contribution in [0.5, 0.6) is 5.75 Å². The topological polar surface area (TPSA) is 12.5 Å². The third kappa shape index (κ3) is 5.10. The molecule has 0 atom stereocenters. The highest BCUT2D eigenvalue weighted by atomic mass is 16.5. The van der Waals surface area contributed by atoms with Crippen LogP contribution >= 0.6 is 0 Å². The van der Waals surface area contributed by atoms with Gasteiger partial charge in [-0.25, -0.2) is 0 Å². The van der Waals surface area contributed by atoms with Crippen LogP contribution in [0.2, 0.25) is 0 Å². The number of benzene rings is 2. The van der Waals surface area contributed by atoms with Gasteiger partial charge in [-0.1, -0.05) is 42.5 Å². The average Bonchev–Trinajstić information content (AvgIpc) is 2.66. The summed E-state index contributed by atoms with van der Waals surface area (Å²) in [4.78, 5) is 2.63. The van der Waals surface area contributed by atoms with Crippen molar-refractivity contribution in [1.29, 1.82) is 0 Å². The smallest absolute Gasteiger partial charge is 0.119 e. The van der Waals surface area contributed by atoms with Crippen LogP contribution in [0.3, 0.4) is 0 Å². The number of rotatable bonds is 7. The normalized spacial score (nSPS) is 16.2. The molecule has 0 aliphatic carbocycles. The largest absolute Gasteiger partial charge is 0.497 e. The Morgan fingerprint density at radius 2 is 1.67 bits per heavy atom. The molecule has 2 aromatic carbocycles. The molecule has 0 unspecified atom stereocenters. The Hall–Kier alpha value is -1.80. The number of ether oxygens (including phenoxy) is 1. The lowest BCUT2D eigenvalue weighted by Crippen LogP contribution is -2.35. The lowest BCUT2D eigenvalue weighted by Gasteiger charge is -2.32. The molecular weight excluding hydrogens is 294 g/mol. The van der Waals surface area contributed by atoms with Crippen molar-refractivity contribution in [3.63, 3.8) is 0 Å². The van der Waals surface area contributed by atoms with E-state index in [0.717, 1.165) is 11.7 Å². The Kier molecular flexibility index (Phi) is 6.31. The van der Waals surface area contributed by atoms with Gasteiger partial charge >= 0.3 is 0 Å². The van der Waals surface area contributed by atoms with Gasteiger partial charge in [-0.2, -0.15) is 0 Å². The highest BCUT2D eigenvalue weighted by Gasteiger charge is 2.18.